The summed E-state index contributed by atoms with van der Waals surface area (Å²) in [7, 11) is -2.08. The lowest BCUT2D eigenvalue weighted by Crippen LogP contribution is -2.16. The molecule has 0 saturated heterocycles. The van der Waals surface area contributed by atoms with Crippen LogP contribution in [0, 0.1) is 0 Å². The molecule has 0 amide bonds. The van der Waals surface area contributed by atoms with Crippen LogP contribution in [-0.2, 0) is 23.4 Å². The Bertz CT molecular complexity index is 306. The number of aldehydes is 1. The summed E-state index contributed by atoms with van der Waals surface area (Å²) >= 11 is 0. The fourth-order valence-electron chi connectivity index (χ4n) is 1.88. The molecule has 0 rings (SSSR count). The molecule has 0 heterocycles. The van der Waals surface area contributed by atoms with Gasteiger partial charge >= 0.3 is 19.8 Å². The van der Waals surface area contributed by atoms with E-state index in [-0.39, 0.29) is 6.29 Å². The van der Waals surface area contributed by atoms with Gasteiger partial charge in [0, 0.05) is 6.42 Å². The van der Waals surface area contributed by atoms with E-state index in [0.717, 1.165) is 44.9 Å². The van der Waals surface area contributed by atoms with E-state index in [4.69, 9.17) is 9.26 Å². The molecule has 5 nitrogen and oxygen atoms in total. The second-order valence-electron chi connectivity index (χ2n) is 5.04. The maximum atomic E-state index is 12.0. The third kappa shape index (κ3) is 11.5. The van der Waals surface area contributed by atoms with Crippen molar-refractivity contribution in [3.05, 3.63) is 0 Å². The Balaban J connectivity index is 4.13. The Morgan fingerprint density at radius 1 is 1.05 bits per heavy atom. The number of ether oxygens (including phenoxy) is 1. The van der Waals surface area contributed by atoms with Crippen LogP contribution in [-0.4, -0.2) is 24.7 Å². The topological polar surface area (TPSA) is 69.7 Å². The first-order chi connectivity index (χ1) is 10.2. The smallest absolute Gasteiger partial charge is 0.408 e. The molecule has 0 saturated carbocycles. The van der Waals surface area contributed by atoms with Gasteiger partial charge in [-0.3, -0.25) is 4.79 Å². The van der Waals surface area contributed by atoms with Crippen LogP contribution in [0.5, 0.6) is 0 Å². The van der Waals surface area contributed by atoms with Gasteiger partial charge in [0.05, 0.1) is 0 Å². The summed E-state index contributed by atoms with van der Waals surface area (Å²) in [4.78, 5) is 21.4. The summed E-state index contributed by atoms with van der Waals surface area (Å²) in [6, 6.07) is 0. The van der Waals surface area contributed by atoms with Crippen molar-refractivity contribution in [2.24, 2.45) is 0 Å². The van der Waals surface area contributed by atoms with Gasteiger partial charge in [-0.05, 0) is 17.4 Å². The Morgan fingerprint density at radius 2 is 1.67 bits per heavy atom. The van der Waals surface area contributed by atoms with Crippen LogP contribution in [0.3, 0.4) is 0 Å². The van der Waals surface area contributed by atoms with Crippen LogP contribution in [0.2, 0.25) is 0 Å². The molecule has 21 heavy (non-hydrogen) atoms. The maximum absolute atomic E-state index is 12.0. The van der Waals surface area contributed by atoms with Gasteiger partial charge in [-0.1, -0.05) is 52.4 Å². The zero-order valence-corrected chi connectivity index (χ0v) is 14.1. The highest BCUT2D eigenvalue weighted by atomic mass is 31.1. The molecule has 0 fully saturated rings. The van der Waals surface area contributed by atoms with Crippen molar-refractivity contribution < 1.29 is 23.4 Å². The fraction of sp³-hybridized carbons (Fsp3) is 0.867. The minimum Gasteiger partial charge on any atom is -0.408 e. The van der Waals surface area contributed by atoms with Crippen molar-refractivity contribution >= 4 is 20.3 Å². The van der Waals surface area contributed by atoms with E-state index in [1.54, 1.807) is 0 Å². The van der Waals surface area contributed by atoms with Crippen LogP contribution in [0.25, 0.3) is 0 Å². The largest absolute Gasteiger partial charge is 0.553 e. The molecule has 0 aromatic rings. The zero-order valence-electron chi connectivity index (χ0n) is 13.2. The molecule has 0 aromatic carbocycles. The van der Waals surface area contributed by atoms with Gasteiger partial charge in [-0.2, -0.15) is 0 Å². The first-order valence-corrected chi connectivity index (χ1v) is 9.15. The molecule has 0 aliphatic rings. The number of hydrogen-bond donors (Lipinski definition) is 0. The van der Waals surface area contributed by atoms with Gasteiger partial charge in [0.15, 0.2) is 0 Å². The van der Waals surface area contributed by atoms with E-state index in [1.807, 2.05) is 0 Å². The van der Waals surface area contributed by atoms with Crippen LogP contribution in [0.4, 0.5) is 0 Å². The third-order valence-corrected chi connectivity index (χ3v) is 4.38. The molecule has 0 aliphatic heterocycles. The van der Waals surface area contributed by atoms with Crippen molar-refractivity contribution in [1.29, 1.82) is 0 Å². The molecule has 0 bridgehead atoms. The Labute approximate surface area is 128 Å². The van der Waals surface area contributed by atoms with Crippen molar-refractivity contribution in [1.82, 2.24) is 0 Å². The van der Waals surface area contributed by atoms with Crippen molar-refractivity contribution in [3.63, 3.8) is 0 Å². The van der Waals surface area contributed by atoms with Gasteiger partial charge in [0.2, 0.25) is 6.29 Å². The third-order valence-electron chi connectivity index (χ3n) is 3.10. The number of rotatable bonds is 14. The molecule has 0 aromatic heterocycles. The fourth-order valence-corrected chi connectivity index (χ4v) is 2.94. The first kappa shape index (κ1) is 20.2. The predicted molar refractivity (Wildman–Crippen MR) is 82.4 cm³/mol. The highest BCUT2D eigenvalue weighted by Crippen LogP contribution is 2.34. The highest BCUT2D eigenvalue weighted by Gasteiger charge is 2.35. The average molecular weight is 319 g/mol. The molecule has 0 N–H and O–H groups in total. The average Bonchev–Trinajstić information content (AvgIpc) is 2.49. The summed E-state index contributed by atoms with van der Waals surface area (Å²) in [5.74, 6) is -1.78. The van der Waals surface area contributed by atoms with Crippen molar-refractivity contribution in [2.75, 3.05) is 6.61 Å². The molecule has 2 atom stereocenters. The molecule has 122 valence electrons. The van der Waals surface area contributed by atoms with Crippen molar-refractivity contribution in [3.8, 4) is 0 Å². The standard InChI is InChI=1S/C15H28O5P/c1-3-5-7-8-9-11-15(20-14(17)13-16)21(18)19-12-10-6-4-2/h13,15H,3-12H2,1-2H3/q+1. The normalized spacial score (nSPS) is 12.8. The SMILES string of the molecule is CCCCCCCC(OC(=O)C=O)[P+](=O)OCCCCC. The predicted octanol–water partition coefficient (Wildman–Crippen LogP) is 4.36. The number of carbonyl (C=O) groups is 2. The lowest BCUT2D eigenvalue weighted by atomic mass is 10.1. The van der Waals surface area contributed by atoms with Gasteiger partial charge < -0.3 is 4.74 Å². The minimum atomic E-state index is -2.08. The summed E-state index contributed by atoms with van der Waals surface area (Å²) in [6.45, 7) is 4.61. The second-order valence-corrected chi connectivity index (χ2v) is 6.44. The van der Waals surface area contributed by atoms with E-state index in [0.29, 0.717) is 13.0 Å². The minimum absolute atomic E-state index is 0.102. The van der Waals surface area contributed by atoms with E-state index < -0.39 is 19.8 Å². The van der Waals surface area contributed by atoms with Crippen molar-refractivity contribution in [2.45, 2.75) is 77.5 Å². The van der Waals surface area contributed by atoms with Crippen LogP contribution in [0.15, 0.2) is 0 Å². The lowest BCUT2D eigenvalue weighted by Gasteiger charge is -2.06. The van der Waals surface area contributed by atoms with E-state index in [1.165, 1.54) is 6.42 Å². The van der Waals surface area contributed by atoms with Crippen LogP contribution < -0.4 is 0 Å². The van der Waals surface area contributed by atoms with Gasteiger partial charge in [-0.25, -0.2) is 4.79 Å². The first-order valence-electron chi connectivity index (χ1n) is 7.90. The zero-order chi connectivity index (χ0) is 15.9. The van der Waals surface area contributed by atoms with Gasteiger partial charge in [0.25, 0.3) is 0 Å². The summed E-state index contributed by atoms with van der Waals surface area (Å²) < 4.78 is 22.2. The number of hydrogen-bond acceptors (Lipinski definition) is 5. The quantitative estimate of drug-likeness (QED) is 0.156. The van der Waals surface area contributed by atoms with E-state index in [2.05, 4.69) is 13.8 Å². The molecule has 0 radical (unpaired) electrons. The van der Waals surface area contributed by atoms with Gasteiger partial charge in [0.1, 0.15) is 6.61 Å². The Hall–Kier alpha value is -0.800. The molecule has 2 unspecified atom stereocenters. The second kappa shape index (κ2) is 14.2. The Morgan fingerprint density at radius 3 is 2.29 bits per heavy atom. The van der Waals surface area contributed by atoms with E-state index >= 15 is 0 Å². The number of unbranched alkanes of at least 4 members (excludes halogenated alkanes) is 6. The Kier molecular flexibility index (Phi) is 13.6. The molecule has 6 heteroatoms. The maximum Gasteiger partial charge on any atom is 0.553 e. The van der Waals surface area contributed by atoms with Crippen LogP contribution in [0.1, 0.15) is 71.6 Å². The van der Waals surface area contributed by atoms with Crippen LogP contribution >= 0.6 is 8.03 Å². The molecule has 0 spiro atoms. The van der Waals surface area contributed by atoms with E-state index in [9.17, 15) is 14.2 Å². The summed E-state index contributed by atoms with van der Waals surface area (Å²) in [5, 5.41) is 0. The van der Waals surface area contributed by atoms with Gasteiger partial charge in [-0.15, -0.1) is 4.52 Å². The summed E-state index contributed by atoms with van der Waals surface area (Å²) in [6.07, 6.45) is 8.73. The molecular weight excluding hydrogens is 291 g/mol. The molecular formula is C15H28O5P+. The number of carbonyl (C=O) groups excluding carboxylic acids is 2. The molecule has 0 aliphatic carbocycles. The number of esters is 1. The monoisotopic (exact) mass is 319 g/mol. The lowest BCUT2D eigenvalue weighted by molar-refractivity contribution is -0.150. The highest BCUT2D eigenvalue weighted by molar-refractivity contribution is 7.39. The summed E-state index contributed by atoms with van der Waals surface area (Å²) in [5.41, 5.74) is 0.